The molecule has 10 nitrogen and oxygen atoms in total. The van der Waals surface area contributed by atoms with E-state index in [2.05, 4.69) is 16.9 Å². The second-order valence-corrected chi connectivity index (χ2v) is 11.8. The number of rotatable bonds is 13. The number of aliphatic hydroxyl groups excluding tert-OH is 1. The second-order valence-electron chi connectivity index (χ2n) is 9.79. The van der Waals surface area contributed by atoms with Crippen molar-refractivity contribution in [3.05, 3.63) is 76.0 Å². The van der Waals surface area contributed by atoms with E-state index in [0.29, 0.717) is 46.9 Å². The van der Waals surface area contributed by atoms with Crippen LogP contribution >= 0.6 is 0 Å². The molecule has 0 saturated carbocycles. The van der Waals surface area contributed by atoms with E-state index in [-0.39, 0.29) is 22.8 Å². The number of benzene rings is 2. The molecule has 40 heavy (non-hydrogen) atoms. The van der Waals surface area contributed by atoms with Crippen molar-refractivity contribution >= 4 is 15.5 Å². The molecule has 0 amide bonds. The van der Waals surface area contributed by atoms with Gasteiger partial charge in [0.1, 0.15) is 11.6 Å². The first-order chi connectivity index (χ1) is 19.2. The van der Waals surface area contributed by atoms with Crippen molar-refractivity contribution in [1.29, 1.82) is 0 Å². The number of fused-ring (bicyclic) bond motifs is 1. The normalized spacial score (nSPS) is 12.8. The van der Waals surface area contributed by atoms with Crippen LogP contribution in [-0.2, 0) is 16.4 Å². The minimum absolute atomic E-state index is 0.0157. The van der Waals surface area contributed by atoms with Crippen LogP contribution in [0, 0.1) is 6.92 Å². The molecular weight excluding hydrogens is 530 g/mol. The van der Waals surface area contributed by atoms with Crippen molar-refractivity contribution in [3.8, 4) is 17.1 Å². The van der Waals surface area contributed by atoms with Gasteiger partial charge in [-0.05, 0) is 44.0 Å². The van der Waals surface area contributed by atoms with Gasteiger partial charge in [0.05, 0.1) is 28.9 Å². The Morgan fingerprint density at radius 1 is 1.10 bits per heavy atom. The summed E-state index contributed by atoms with van der Waals surface area (Å²) in [6.07, 6.45) is 3.90. The molecular formula is C29H37N5O5S. The number of hydrogen-bond donors (Lipinski definition) is 2. The number of aromatic amines is 1. The van der Waals surface area contributed by atoms with E-state index in [4.69, 9.17) is 9.84 Å². The molecule has 0 aliphatic carbocycles. The van der Waals surface area contributed by atoms with Crippen molar-refractivity contribution in [2.45, 2.75) is 63.9 Å². The number of nitrogens with one attached hydrogen (secondary N) is 1. The van der Waals surface area contributed by atoms with Gasteiger partial charge in [0.25, 0.3) is 5.56 Å². The third-order valence-corrected chi connectivity index (χ3v) is 8.64. The van der Waals surface area contributed by atoms with E-state index in [1.807, 2.05) is 13.0 Å². The van der Waals surface area contributed by atoms with Crippen LogP contribution in [0.4, 0.5) is 0 Å². The van der Waals surface area contributed by atoms with Crippen LogP contribution in [-0.4, -0.2) is 57.6 Å². The molecule has 214 valence electrons. The summed E-state index contributed by atoms with van der Waals surface area (Å²) in [6.45, 7) is 5.95. The highest BCUT2D eigenvalue weighted by Crippen LogP contribution is 2.31. The number of nitrogens with zero attached hydrogens (tertiary/aromatic N) is 4. The Bertz CT molecular complexity index is 1620. The maximum Gasteiger partial charge on any atom is 0.277 e. The molecule has 2 aromatic carbocycles. The van der Waals surface area contributed by atoms with Crippen molar-refractivity contribution in [3.63, 3.8) is 0 Å². The third kappa shape index (κ3) is 6.27. The number of unbranched alkanes of at least 4 members (excludes halogenated alkanes) is 3. The summed E-state index contributed by atoms with van der Waals surface area (Å²) in [6, 6.07) is 13.3. The second kappa shape index (κ2) is 12.8. The molecule has 0 radical (unpaired) electrons. The first kappa shape index (κ1) is 29.4. The van der Waals surface area contributed by atoms with Crippen LogP contribution < -0.4 is 10.3 Å². The fraction of sp³-hybridized carbons (Fsp3) is 0.414. The molecule has 4 rings (SSSR count). The largest absolute Gasteiger partial charge is 0.493 e. The highest BCUT2D eigenvalue weighted by atomic mass is 32.2. The maximum atomic E-state index is 13.5. The van der Waals surface area contributed by atoms with E-state index in [1.165, 1.54) is 19.2 Å². The lowest BCUT2D eigenvalue weighted by Gasteiger charge is -2.21. The number of aromatic nitrogens is 4. The quantitative estimate of drug-likeness (QED) is 0.231. The van der Waals surface area contributed by atoms with E-state index in [0.717, 1.165) is 30.0 Å². The van der Waals surface area contributed by atoms with Crippen molar-refractivity contribution in [1.82, 2.24) is 23.9 Å². The molecule has 0 aliphatic heterocycles. The summed E-state index contributed by atoms with van der Waals surface area (Å²) >= 11 is 0. The zero-order chi connectivity index (χ0) is 28.9. The van der Waals surface area contributed by atoms with Crippen LogP contribution in [0.1, 0.15) is 62.7 Å². The number of hydrogen-bond acceptors (Lipinski definition) is 7. The van der Waals surface area contributed by atoms with Gasteiger partial charge in [-0.1, -0.05) is 56.5 Å². The van der Waals surface area contributed by atoms with E-state index < -0.39 is 16.1 Å². The van der Waals surface area contributed by atoms with Crippen LogP contribution in [0.15, 0.2) is 58.2 Å². The van der Waals surface area contributed by atoms with Gasteiger partial charge in [0, 0.05) is 20.0 Å². The van der Waals surface area contributed by atoms with Crippen molar-refractivity contribution in [2.24, 2.45) is 0 Å². The van der Waals surface area contributed by atoms with Gasteiger partial charge in [-0.2, -0.15) is 4.31 Å². The Morgan fingerprint density at radius 3 is 2.55 bits per heavy atom. The van der Waals surface area contributed by atoms with E-state index >= 15 is 0 Å². The fourth-order valence-corrected chi connectivity index (χ4v) is 5.87. The average molecular weight is 568 g/mol. The Hall–Kier alpha value is -3.54. The summed E-state index contributed by atoms with van der Waals surface area (Å²) in [5, 5.41) is 15.3. The van der Waals surface area contributed by atoms with E-state index in [9.17, 15) is 18.3 Å². The zero-order valence-corrected chi connectivity index (χ0v) is 24.2. The molecule has 0 bridgehead atoms. The average Bonchev–Trinajstić information content (AvgIpc) is 3.27. The number of aliphatic hydroxyl groups is 1. The molecule has 2 N–H and O–H groups in total. The van der Waals surface area contributed by atoms with Gasteiger partial charge in [0.2, 0.25) is 10.0 Å². The predicted octanol–water partition coefficient (Wildman–Crippen LogP) is 4.27. The number of sulfonamides is 1. The molecule has 0 fully saturated rings. The molecule has 0 saturated heterocycles. The summed E-state index contributed by atoms with van der Waals surface area (Å²) in [5.74, 6) is 1.25. The lowest BCUT2D eigenvalue weighted by molar-refractivity contribution is 0.155. The predicted molar refractivity (Wildman–Crippen MR) is 154 cm³/mol. The van der Waals surface area contributed by atoms with E-state index in [1.54, 1.807) is 41.8 Å². The molecule has 11 heteroatoms. The molecule has 0 spiro atoms. The molecule has 2 heterocycles. The van der Waals surface area contributed by atoms with Crippen LogP contribution in [0.2, 0.25) is 0 Å². The van der Waals surface area contributed by atoms with Crippen molar-refractivity contribution < 1.29 is 18.3 Å². The summed E-state index contributed by atoms with van der Waals surface area (Å²) in [4.78, 5) is 20.5. The molecule has 1 atom stereocenters. The molecule has 4 aromatic rings. The topological polar surface area (TPSA) is 130 Å². The van der Waals surface area contributed by atoms with Crippen LogP contribution in [0.25, 0.3) is 16.9 Å². The van der Waals surface area contributed by atoms with Gasteiger partial charge < -0.3 is 14.8 Å². The number of aryl methyl sites for hydroxylation is 2. The summed E-state index contributed by atoms with van der Waals surface area (Å²) < 4.78 is 35.5. The Labute approximate surface area is 234 Å². The summed E-state index contributed by atoms with van der Waals surface area (Å²) in [7, 11) is -2.58. The Kier molecular flexibility index (Phi) is 9.39. The number of H-pyrrole nitrogens is 1. The number of likely N-dealkylation sites (N-methyl/N-ethyl adjacent to an activating group) is 1. The Morgan fingerprint density at radius 2 is 1.85 bits per heavy atom. The smallest absolute Gasteiger partial charge is 0.277 e. The minimum atomic E-state index is -4.00. The maximum absolute atomic E-state index is 13.5. The first-order valence-electron chi connectivity index (χ1n) is 13.6. The Balaban J connectivity index is 1.73. The fourth-order valence-electron chi connectivity index (χ4n) is 4.67. The molecule has 1 unspecified atom stereocenters. The van der Waals surface area contributed by atoms with Gasteiger partial charge in [0.15, 0.2) is 11.3 Å². The SMILES string of the molecule is CCCCCCc1nc(C)c2c(=O)[nH]c(-c3cc(S(=O)(=O)N(C)CC(O)c4ccccc4)ccc3OCC)nn12. The first-order valence-corrected chi connectivity index (χ1v) is 15.1. The van der Waals surface area contributed by atoms with Crippen LogP contribution in [0.5, 0.6) is 5.75 Å². The van der Waals surface area contributed by atoms with Gasteiger partial charge in [-0.15, -0.1) is 5.10 Å². The standard InChI is InChI=1S/C29H37N5O5S/c1-5-7-8-12-15-26-30-20(3)27-29(36)31-28(32-34(26)27)23-18-22(16-17-25(23)39-6-2)40(37,38)33(4)19-24(35)21-13-10-9-11-14-21/h9-11,13-14,16-18,24,35H,5-8,12,15,19H2,1-4H3,(H,31,32,36). The highest BCUT2D eigenvalue weighted by Gasteiger charge is 2.26. The molecule has 2 aromatic heterocycles. The summed E-state index contributed by atoms with van der Waals surface area (Å²) in [5.41, 5.74) is 1.54. The van der Waals surface area contributed by atoms with Crippen LogP contribution in [0.3, 0.4) is 0 Å². The monoisotopic (exact) mass is 567 g/mol. The number of ether oxygens (including phenoxy) is 1. The minimum Gasteiger partial charge on any atom is -0.493 e. The third-order valence-electron chi connectivity index (χ3n) is 6.83. The van der Waals surface area contributed by atoms with Gasteiger partial charge in [-0.3, -0.25) is 4.79 Å². The molecule has 0 aliphatic rings. The lowest BCUT2D eigenvalue weighted by atomic mass is 10.1. The van der Waals surface area contributed by atoms with Crippen molar-refractivity contribution in [2.75, 3.05) is 20.2 Å². The zero-order valence-electron chi connectivity index (χ0n) is 23.4. The van der Waals surface area contributed by atoms with Gasteiger partial charge >= 0.3 is 0 Å². The highest BCUT2D eigenvalue weighted by molar-refractivity contribution is 7.89. The number of imidazole rings is 1. The lowest BCUT2D eigenvalue weighted by Crippen LogP contribution is -2.31. The van der Waals surface area contributed by atoms with Gasteiger partial charge in [-0.25, -0.2) is 17.9 Å².